The number of hydrogen-bond acceptors (Lipinski definition) is 2. The van der Waals surface area contributed by atoms with E-state index in [4.69, 9.17) is 0 Å². The Morgan fingerprint density at radius 1 is 1.27 bits per heavy atom. The molecule has 2 N–H and O–H groups in total. The Balaban J connectivity index is 1.90. The first-order valence-electron chi connectivity index (χ1n) is 7.01. The third-order valence-corrected chi connectivity index (χ3v) is 4.27. The van der Waals surface area contributed by atoms with Gasteiger partial charge in [-0.3, -0.25) is 4.79 Å². The zero-order valence-electron chi connectivity index (χ0n) is 12.5. The van der Waals surface area contributed by atoms with Gasteiger partial charge in [0.2, 0.25) is 5.91 Å². The third-order valence-electron chi connectivity index (χ3n) is 3.38. The van der Waals surface area contributed by atoms with E-state index in [1.807, 2.05) is 32.0 Å². The average molecular weight is 365 g/mol. The van der Waals surface area contributed by atoms with Gasteiger partial charge in [-0.15, -0.1) is 0 Å². The molecule has 1 amide bonds. The van der Waals surface area contributed by atoms with Crippen LogP contribution in [0.3, 0.4) is 0 Å². The standard InChI is InChI=1S/C17H18BrFN2O/c1-11-9-13(7-8-15(11)18)21-17(22)10-20-12(2)14-5-3-4-6-16(14)19/h3-9,12,20H,10H2,1-2H3,(H,21,22). The summed E-state index contributed by atoms with van der Waals surface area (Å²) in [4.78, 5) is 12.0. The fraction of sp³-hybridized carbons (Fsp3) is 0.235. The van der Waals surface area contributed by atoms with Gasteiger partial charge < -0.3 is 10.6 Å². The van der Waals surface area contributed by atoms with Crippen molar-refractivity contribution >= 4 is 27.5 Å². The molecule has 0 spiro atoms. The molecule has 0 saturated carbocycles. The molecule has 1 atom stereocenters. The number of anilines is 1. The average Bonchev–Trinajstić information content (AvgIpc) is 2.49. The largest absolute Gasteiger partial charge is 0.325 e. The molecule has 0 aliphatic heterocycles. The maximum absolute atomic E-state index is 13.6. The molecule has 2 aromatic carbocycles. The van der Waals surface area contributed by atoms with Crippen molar-refractivity contribution in [3.8, 4) is 0 Å². The first kappa shape index (κ1) is 16.6. The molecule has 5 heteroatoms. The fourth-order valence-electron chi connectivity index (χ4n) is 2.11. The molecule has 0 bridgehead atoms. The predicted molar refractivity (Wildman–Crippen MR) is 90.3 cm³/mol. The van der Waals surface area contributed by atoms with Gasteiger partial charge in [-0.1, -0.05) is 34.1 Å². The molecule has 22 heavy (non-hydrogen) atoms. The number of amides is 1. The Hall–Kier alpha value is -1.72. The van der Waals surface area contributed by atoms with Crippen LogP contribution in [0, 0.1) is 12.7 Å². The minimum Gasteiger partial charge on any atom is -0.325 e. The molecule has 2 aromatic rings. The zero-order valence-corrected chi connectivity index (χ0v) is 14.1. The van der Waals surface area contributed by atoms with Crippen LogP contribution < -0.4 is 10.6 Å². The predicted octanol–water partition coefficient (Wildman–Crippen LogP) is 4.19. The molecule has 0 saturated heterocycles. The van der Waals surface area contributed by atoms with E-state index in [0.29, 0.717) is 5.56 Å². The number of benzene rings is 2. The summed E-state index contributed by atoms with van der Waals surface area (Å²) in [7, 11) is 0. The number of aryl methyl sites for hydroxylation is 1. The van der Waals surface area contributed by atoms with Crippen molar-refractivity contribution in [3.05, 3.63) is 63.9 Å². The Morgan fingerprint density at radius 2 is 2.00 bits per heavy atom. The molecule has 3 nitrogen and oxygen atoms in total. The minimum absolute atomic E-state index is 0.116. The van der Waals surface area contributed by atoms with Gasteiger partial charge in [0, 0.05) is 21.8 Å². The van der Waals surface area contributed by atoms with Gasteiger partial charge in [0.15, 0.2) is 0 Å². The van der Waals surface area contributed by atoms with E-state index in [2.05, 4.69) is 26.6 Å². The van der Waals surface area contributed by atoms with E-state index in [1.54, 1.807) is 18.2 Å². The molecule has 2 rings (SSSR count). The number of nitrogens with one attached hydrogen (secondary N) is 2. The normalized spacial score (nSPS) is 12.0. The van der Waals surface area contributed by atoms with Crippen LogP contribution in [0.5, 0.6) is 0 Å². The maximum atomic E-state index is 13.6. The molecule has 0 aromatic heterocycles. The molecule has 1 unspecified atom stereocenters. The van der Waals surface area contributed by atoms with Crippen molar-refractivity contribution in [1.29, 1.82) is 0 Å². The van der Waals surface area contributed by atoms with Gasteiger partial charge in [0.25, 0.3) is 0 Å². The lowest BCUT2D eigenvalue weighted by Crippen LogP contribution is -2.30. The second-order valence-electron chi connectivity index (χ2n) is 5.14. The molecule has 0 fully saturated rings. The topological polar surface area (TPSA) is 41.1 Å². The van der Waals surface area contributed by atoms with Gasteiger partial charge >= 0.3 is 0 Å². The van der Waals surface area contributed by atoms with Crippen molar-refractivity contribution in [1.82, 2.24) is 5.32 Å². The van der Waals surface area contributed by atoms with Crippen molar-refractivity contribution in [2.24, 2.45) is 0 Å². The lowest BCUT2D eigenvalue weighted by Gasteiger charge is -2.15. The SMILES string of the molecule is Cc1cc(NC(=O)CNC(C)c2ccccc2F)ccc1Br. The van der Waals surface area contributed by atoms with E-state index in [1.165, 1.54) is 6.07 Å². The third kappa shape index (κ3) is 4.39. The lowest BCUT2D eigenvalue weighted by molar-refractivity contribution is -0.115. The maximum Gasteiger partial charge on any atom is 0.238 e. The molecule has 0 radical (unpaired) electrons. The number of hydrogen-bond donors (Lipinski definition) is 2. The summed E-state index contributed by atoms with van der Waals surface area (Å²) in [5.41, 5.74) is 2.34. The second kappa shape index (κ2) is 7.51. The molecule has 0 aliphatic rings. The first-order chi connectivity index (χ1) is 10.5. The highest BCUT2D eigenvalue weighted by molar-refractivity contribution is 9.10. The number of carbonyl (C=O) groups is 1. The summed E-state index contributed by atoms with van der Waals surface area (Å²) in [5, 5.41) is 5.84. The number of carbonyl (C=O) groups excluding carboxylic acids is 1. The number of rotatable bonds is 5. The van der Waals surface area contributed by atoms with Gasteiger partial charge in [-0.25, -0.2) is 4.39 Å². The Morgan fingerprint density at radius 3 is 2.68 bits per heavy atom. The Bertz CT molecular complexity index is 675. The quantitative estimate of drug-likeness (QED) is 0.835. The van der Waals surface area contributed by atoms with Crippen molar-refractivity contribution in [2.45, 2.75) is 19.9 Å². The van der Waals surface area contributed by atoms with Gasteiger partial charge in [0.05, 0.1) is 6.54 Å². The van der Waals surface area contributed by atoms with Crippen LogP contribution in [-0.4, -0.2) is 12.5 Å². The van der Waals surface area contributed by atoms with Gasteiger partial charge in [-0.05, 0) is 43.7 Å². The van der Waals surface area contributed by atoms with E-state index < -0.39 is 0 Å². The van der Waals surface area contributed by atoms with Crippen LogP contribution in [0.2, 0.25) is 0 Å². The summed E-state index contributed by atoms with van der Waals surface area (Å²) in [6, 6.07) is 11.9. The Kier molecular flexibility index (Phi) is 5.69. The lowest BCUT2D eigenvalue weighted by atomic mass is 10.1. The van der Waals surface area contributed by atoms with Crippen molar-refractivity contribution in [3.63, 3.8) is 0 Å². The smallest absolute Gasteiger partial charge is 0.238 e. The van der Waals surface area contributed by atoms with Crippen LogP contribution in [0.25, 0.3) is 0 Å². The molecular weight excluding hydrogens is 347 g/mol. The zero-order chi connectivity index (χ0) is 16.1. The highest BCUT2D eigenvalue weighted by Gasteiger charge is 2.11. The summed E-state index contributed by atoms with van der Waals surface area (Å²) in [6.07, 6.45) is 0. The monoisotopic (exact) mass is 364 g/mol. The Labute approximate surface area is 138 Å². The van der Waals surface area contributed by atoms with Gasteiger partial charge in [-0.2, -0.15) is 0 Å². The van der Waals surface area contributed by atoms with Crippen LogP contribution in [0.1, 0.15) is 24.1 Å². The summed E-state index contributed by atoms with van der Waals surface area (Å²) < 4.78 is 14.6. The minimum atomic E-state index is -0.272. The van der Waals surface area contributed by atoms with Crippen LogP contribution in [0.15, 0.2) is 46.9 Å². The van der Waals surface area contributed by atoms with E-state index in [9.17, 15) is 9.18 Å². The highest BCUT2D eigenvalue weighted by atomic mass is 79.9. The van der Waals surface area contributed by atoms with E-state index in [-0.39, 0.29) is 24.3 Å². The second-order valence-corrected chi connectivity index (χ2v) is 5.99. The summed E-state index contributed by atoms with van der Waals surface area (Å²) in [5.74, 6) is -0.434. The molecule has 0 aliphatic carbocycles. The first-order valence-corrected chi connectivity index (χ1v) is 7.80. The summed E-state index contributed by atoms with van der Waals surface area (Å²) in [6.45, 7) is 3.90. The van der Waals surface area contributed by atoms with Crippen molar-refractivity contribution in [2.75, 3.05) is 11.9 Å². The highest BCUT2D eigenvalue weighted by Crippen LogP contribution is 2.20. The van der Waals surface area contributed by atoms with Gasteiger partial charge in [0.1, 0.15) is 5.82 Å². The van der Waals surface area contributed by atoms with Crippen LogP contribution in [0.4, 0.5) is 10.1 Å². The van der Waals surface area contributed by atoms with Crippen molar-refractivity contribution < 1.29 is 9.18 Å². The fourth-order valence-corrected chi connectivity index (χ4v) is 2.36. The summed E-state index contributed by atoms with van der Waals surface area (Å²) >= 11 is 3.42. The molecule has 116 valence electrons. The molecule has 0 heterocycles. The molecular formula is C17H18BrFN2O. The number of halogens is 2. The van der Waals surface area contributed by atoms with E-state index in [0.717, 1.165) is 15.7 Å². The van der Waals surface area contributed by atoms with Crippen LogP contribution >= 0.6 is 15.9 Å². The van der Waals surface area contributed by atoms with E-state index >= 15 is 0 Å². The van der Waals surface area contributed by atoms with Crippen LogP contribution in [-0.2, 0) is 4.79 Å².